The third-order valence-corrected chi connectivity index (χ3v) is 5.15. The third-order valence-electron chi connectivity index (χ3n) is 5.15. The largest absolute Gasteiger partial charge is 0.353 e. The van der Waals surface area contributed by atoms with Crippen LogP contribution in [0.25, 0.3) is 0 Å². The minimum Gasteiger partial charge on any atom is -0.353 e. The monoisotopic (exact) mass is 401 g/mol. The van der Waals surface area contributed by atoms with Crippen molar-refractivity contribution < 1.29 is 18.4 Å². The Balaban J connectivity index is 1.66. The minimum atomic E-state index is -0.922. The lowest BCUT2D eigenvalue weighted by atomic mass is 10.1. The maximum atomic E-state index is 13.5. The molecule has 1 aliphatic heterocycles. The number of rotatable bonds is 6. The molecule has 1 fully saturated rings. The van der Waals surface area contributed by atoms with Crippen molar-refractivity contribution in [1.29, 1.82) is 0 Å². The fourth-order valence-electron chi connectivity index (χ4n) is 3.42. The fraction of sp³-hybridized carbons (Fsp3) is 0.364. The van der Waals surface area contributed by atoms with Crippen molar-refractivity contribution in [2.45, 2.75) is 32.5 Å². The standard InChI is InChI=1S/C22H25F2N3O2/c1-15-3-5-16(6-4-15)13-26(2)21(28)12-20-22(29)25-9-10-27(20)14-17-7-8-18(23)19(24)11-17/h3-8,11,20H,9-10,12-14H2,1-2H3,(H,25,29). The molecule has 1 aliphatic rings. The van der Waals surface area contributed by atoms with E-state index in [-0.39, 0.29) is 24.8 Å². The first-order valence-electron chi connectivity index (χ1n) is 9.58. The van der Waals surface area contributed by atoms with Gasteiger partial charge in [0.25, 0.3) is 0 Å². The van der Waals surface area contributed by atoms with E-state index in [1.54, 1.807) is 11.9 Å². The topological polar surface area (TPSA) is 52.7 Å². The van der Waals surface area contributed by atoms with E-state index in [2.05, 4.69) is 5.32 Å². The molecule has 5 nitrogen and oxygen atoms in total. The van der Waals surface area contributed by atoms with Crippen LogP contribution in [0.2, 0.25) is 0 Å². The normalized spacial score (nSPS) is 17.1. The van der Waals surface area contributed by atoms with Crippen molar-refractivity contribution in [2.24, 2.45) is 0 Å². The SMILES string of the molecule is Cc1ccc(CN(C)C(=O)CC2C(=O)NCCN2Cc2ccc(F)c(F)c2)cc1. The number of halogens is 2. The van der Waals surface area contributed by atoms with Gasteiger partial charge in [0.15, 0.2) is 11.6 Å². The van der Waals surface area contributed by atoms with Crippen molar-refractivity contribution >= 4 is 11.8 Å². The molecule has 0 saturated carbocycles. The van der Waals surface area contributed by atoms with E-state index >= 15 is 0 Å². The third kappa shape index (κ3) is 5.38. The average molecular weight is 401 g/mol. The first-order valence-corrected chi connectivity index (χ1v) is 9.58. The lowest BCUT2D eigenvalue weighted by molar-refractivity contribution is -0.138. The van der Waals surface area contributed by atoms with E-state index in [9.17, 15) is 18.4 Å². The highest BCUT2D eigenvalue weighted by Gasteiger charge is 2.32. The fourth-order valence-corrected chi connectivity index (χ4v) is 3.42. The smallest absolute Gasteiger partial charge is 0.237 e. The van der Waals surface area contributed by atoms with Gasteiger partial charge in [0.05, 0.1) is 12.5 Å². The summed E-state index contributed by atoms with van der Waals surface area (Å²) in [6.45, 7) is 3.71. The Morgan fingerprint density at radius 2 is 1.83 bits per heavy atom. The average Bonchev–Trinajstić information content (AvgIpc) is 2.69. The van der Waals surface area contributed by atoms with Crippen LogP contribution in [0.15, 0.2) is 42.5 Å². The molecule has 1 saturated heterocycles. The van der Waals surface area contributed by atoms with Crippen molar-refractivity contribution in [1.82, 2.24) is 15.1 Å². The Hall–Kier alpha value is -2.80. The van der Waals surface area contributed by atoms with Gasteiger partial charge in [-0.15, -0.1) is 0 Å². The molecule has 2 aromatic carbocycles. The van der Waals surface area contributed by atoms with E-state index in [1.807, 2.05) is 36.1 Å². The number of carbonyl (C=O) groups excluding carboxylic acids is 2. The molecule has 3 rings (SSSR count). The summed E-state index contributed by atoms with van der Waals surface area (Å²) in [6, 6.07) is 11.0. The molecule has 1 unspecified atom stereocenters. The van der Waals surface area contributed by atoms with E-state index < -0.39 is 17.7 Å². The van der Waals surface area contributed by atoms with Gasteiger partial charge in [0, 0.05) is 33.2 Å². The second-order valence-electron chi connectivity index (χ2n) is 7.47. The summed E-state index contributed by atoms with van der Waals surface area (Å²) < 4.78 is 26.7. The molecule has 0 spiro atoms. The Kier molecular flexibility index (Phi) is 6.59. The summed E-state index contributed by atoms with van der Waals surface area (Å²) in [5, 5.41) is 2.78. The molecule has 29 heavy (non-hydrogen) atoms. The highest BCUT2D eigenvalue weighted by Crippen LogP contribution is 2.17. The number of piperazine rings is 1. The summed E-state index contributed by atoms with van der Waals surface area (Å²) in [5.41, 5.74) is 2.72. The van der Waals surface area contributed by atoms with Gasteiger partial charge in [-0.1, -0.05) is 35.9 Å². The number of nitrogens with zero attached hydrogens (tertiary/aromatic N) is 2. The van der Waals surface area contributed by atoms with Gasteiger partial charge >= 0.3 is 0 Å². The first kappa shape index (κ1) is 20.9. The Morgan fingerprint density at radius 3 is 2.52 bits per heavy atom. The quantitative estimate of drug-likeness (QED) is 0.810. The molecule has 0 radical (unpaired) electrons. The van der Waals surface area contributed by atoms with Crippen molar-refractivity contribution in [2.75, 3.05) is 20.1 Å². The van der Waals surface area contributed by atoms with Crippen molar-refractivity contribution in [3.8, 4) is 0 Å². The molecule has 1 atom stereocenters. The van der Waals surface area contributed by atoms with Gasteiger partial charge in [-0.2, -0.15) is 0 Å². The predicted octanol–water partition coefficient (Wildman–Crippen LogP) is 2.62. The van der Waals surface area contributed by atoms with Crippen molar-refractivity contribution in [3.63, 3.8) is 0 Å². The lowest BCUT2D eigenvalue weighted by Crippen LogP contribution is -2.56. The number of aryl methyl sites for hydroxylation is 1. The van der Waals surface area contributed by atoms with Gasteiger partial charge in [-0.3, -0.25) is 14.5 Å². The van der Waals surface area contributed by atoms with Gasteiger partial charge in [-0.25, -0.2) is 8.78 Å². The van der Waals surface area contributed by atoms with E-state index in [4.69, 9.17) is 0 Å². The maximum Gasteiger partial charge on any atom is 0.237 e. The molecule has 7 heteroatoms. The van der Waals surface area contributed by atoms with Gasteiger partial charge in [0.2, 0.25) is 11.8 Å². The Labute approximate surface area is 169 Å². The first-order chi connectivity index (χ1) is 13.8. The summed E-state index contributed by atoms with van der Waals surface area (Å²) in [7, 11) is 1.71. The van der Waals surface area contributed by atoms with E-state index in [0.29, 0.717) is 25.2 Å². The lowest BCUT2D eigenvalue weighted by Gasteiger charge is -2.35. The molecule has 1 heterocycles. The second-order valence-corrected chi connectivity index (χ2v) is 7.47. The number of nitrogens with one attached hydrogen (secondary N) is 1. The highest BCUT2D eigenvalue weighted by atomic mass is 19.2. The molecule has 0 aliphatic carbocycles. The molecule has 2 aromatic rings. The van der Waals surface area contributed by atoms with Gasteiger partial charge < -0.3 is 10.2 Å². The molecular weight excluding hydrogens is 376 g/mol. The Bertz CT molecular complexity index is 886. The van der Waals surface area contributed by atoms with Crippen LogP contribution in [0, 0.1) is 18.6 Å². The predicted molar refractivity (Wildman–Crippen MR) is 106 cm³/mol. The Morgan fingerprint density at radius 1 is 1.14 bits per heavy atom. The zero-order chi connectivity index (χ0) is 21.0. The summed E-state index contributed by atoms with van der Waals surface area (Å²) in [4.78, 5) is 28.6. The molecule has 154 valence electrons. The van der Waals surface area contributed by atoms with Crippen LogP contribution in [0.1, 0.15) is 23.1 Å². The molecule has 2 amide bonds. The number of amides is 2. The van der Waals surface area contributed by atoms with Crippen LogP contribution in [-0.2, 0) is 22.7 Å². The number of hydrogen-bond donors (Lipinski definition) is 1. The molecule has 1 N–H and O–H groups in total. The van der Waals surface area contributed by atoms with Crippen LogP contribution >= 0.6 is 0 Å². The minimum absolute atomic E-state index is 0.0257. The van der Waals surface area contributed by atoms with Gasteiger partial charge in [0.1, 0.15) is 0 Å². The van der Waals surface area contributed by atoms with Crippen LogP contribution < -0.4 is 5.32 Å². The van der Waals surface area contributed by atoms with Crippen LogP contribution in [0.4, 0.5) is 8.78 Å². The number of hydrogen-bond acceptors (Lipinski definition) is 3. The summed E-state index contributed by atoms with van der Waals surface area (Å²) >= 11 is 0. The summed E-state index contributed by atoms with van der Waals surface area (Å²) in [5.74, 6) is -2.21. The van der Waals surface area contributed by atoms with Gasteiger partial charge in [-0.05, 0) is 30.2 Å². The maximum absolute atomic E-state index is 13.5. The zero-order valence-corrected chi connectivity index (χ0v) is 16.6. The van der Waals surface area contributed by atoms with E-state index in [0.717, 1.165) is 23.3 Å². The zero-order valence-electron chi connectivity index (χ0n) is 16.6. The highest BCUT2D eigenvalue weighted by molar-refractivity contribution is 5.88. The number of carbonyl (C=O) groups is 2. The summed E-state index contributed by atoms with van der Waals surface area (Å²) in [6.07, 6.45) is 0.0257. The molecular formula is C22H25F2N3O2. The van der Waals surface area contributed by atoms with Crippen molar-refractivity contribution in [3.05, 3.63) is 70.8 Å². The van der Waals surface area contributed by atoms with Crippen LogP contribution in [-0.4, -0.2) is 47.8 Å². The number of benzene rings is 2. The molecule has 0 bridgehead atoms. The second kappa shape index (κ2) is 9.13. The van der Waals surface area contributed by atoms with E-state index in [1.165, 1.54) is 6.07 Å². The van der Waals surface area contributed by atoms with Crippen LogP contribution in [0.5, 0.6) is 0 Å². The van der Waals surface area contributed by atoms with Crippen LogP contribution in [0.3, 0.4) is 0 Å². The molecule has 0 aromatic heterocycles.